The molecule has 0 saturated heterocycles. The molecule has 1 aromatic heterocycles. The number of nitro benzene ring substituents is 1. The maximum atomic E-state index is 11.3. The van der Waals surface area contributed by atoms with Crippen LogP contribution in [0.5, 0.6) is 5.75 Å². The number of fused-ring (bicyclic) bond motifs is 1. The van der Waals surface area contributed by atoms with Gasteiger partial charge in [0.1, 0.15) is 12.1 Å². The van der Waals surface area contributed by atoms with E-state index in [1.165, 1.54) is 25.7 Å². The number of carboxylic acid groups (broad SMARTS) is 1. The molecule has 0 aliphatic heterocycles. The van der Waals surface area contributed by atoms with Crippen LogP contribution in [0.1, 0.15) is 23.2 Å². The van der Waals surface area contributed by atoms with E-state index in [1.807, 2.05) is 6.08 Å². The first kappa shape index (κ1) is 14.8. The van der Waals surface area contributed by atoms with Crippen molar-refractivity contribution in [2.45, 2.75) is 12.8 Å². The maximum Gasteiger partial charge on any atom is 0.416 e. The summed E-state index contributed by atoms with van der Waals surface area (Å²) in [5, 5.41) is 20.3. The number of imidazole rings is 1. The predicted octanol–water partition coefficient (Wildman–Crippen LogP) is 2.70. The van der Waals surface area contributed by atoms with Crippen LogP contribution >= 0.6 is 0 Å². The summed E-state index contributed by atoms with van der Waals surface area (Å²) in [6.07, 6.45) is 4.44. The summed E-state index contributed by atoms with van der Waals surface area (Å²) in [7, 11) is 1.49. The minimum atomic E-state index is -1.15. The molecule has 0 atom stereocenters. The van der Waals surface area contributed by atoms with Crippen molar-refractivity contribution in [3.05, 3.63) is 57.7 Å². The molecule has 0 saturated carbocycles. The average Bonchev–Trinajstić information content (AvgIpc) is 3.03. The third kappa shape index (κ3) is 2.44. The number of nitrogens with zero attached hydrogens (tertiary/aromatic N) is 3. The Morgan fingerprint density at radius 2 is 2.26 bits per heavy atom. The number of rotatable bonds is 3. The molecule has 0 bridgehead atoms. The van der Waals surface area contributed by atoms with E-state index in [0.29, 0.717) is 41.0 Å². The lowest BCUT2D eigenvalue weighted by Gasteiger charge is -2.19. The summed E-state index contributed by atoms with van der Waals surface area (Å²) in [6, 6.07) is 2.97. The summed E-state index contributed by atoms with van der Waals surface area (Å²) >= 11 is 0. The Kier molecular flexibility index (Phi) is 3.57. The summed E-state index contributed by atoms with van der Waals surface area (Å²) in [6.45, 7) is 0. The van der Waals surface area contributed by atoms with Gasteiger partial charge in [-0.25, -0.2) is 14.3 Å². The van der Waals surface area contributed by atoms with Crippen LogP contribution in [0.4, 0.5) is 10.5 Å². The van der Waals surface area contributed by atoms with Crippen molar-refractivity contribution < 1.29 is 19.6 Å². The third-order valence-corrected chi connectivity index (χ3v) is 3.76. The summed E-state index contributed by atoms with van der Waals surface area (Å²) < 4.78 is 6.28. The Hall–Kier alpha value is -3.16. The summed E-state index contributed by atoms with van der Waals surface area (Å²) in [4.78, 5) is 25.9. The van der Waals surface area contributed by atoms with Crippen molar-refractivity contribution in [3.63, 3.8) is 0 Å². The molecule has 1 aliphatic rings. The lowest BCUT2D eigenvalue weighted by atomic mass is 9.87. The number of aromatic nitrogens is 2. The van der Waals surface area contributed by atoms with Crippen molar-refractivity contribution in [1.29, 1.82) is 0 Å². The highest BCUT2D eigenvalue weighted by Crippen LogP contribution is 2.41. The van der Waals surface area contributed by atoms with Gasteiger partial charge in [-0.2, -0.15) is 0 Å². The fourth-order valence-electron chi connectivity index (χ4n) is 2.77. The van der Waals surface area contributed by atoms with Gasteiger partial charge in [0.2, 0.25) is 0 Å². The zero-order valence-electron chi connectivity index (χ0n) is 12.2. The first-order chi connectivity index (χ1) is 11.0. The minimum absolute atomic E-state index is 0.0315. The van der Waals surface area contributed by atoms with Crippen LogP contribution in [0, 0.1) is 10.1 Å². The van der Waals surface area contributed by atoms with Gasteiger partial charge in [-0.05, 0) is 18.9 Å². The van der Waals surface area contributed by atoms with E-state index in [2.05, 4.69) is 4.98 Å². The van der Waals surface area contributed by atoms with Gasteiger partial charge in [0.15, 0.2) is 0 Å². The Morgan fingerprint density at radius 1 is 1.48 bits per heavy atom. The van der Waals surface area contributed by atoms with E-state index < -0.39 is 11.0 Å². The Labute approximate surface area is 130 Å². The molecule has 0 radical (unpaired) electrons. The number of hydrogen-bond acceptors (Lipinski definition) is 5. The van der Waals surface area contributed by atoms with Gasteiger partial charge in [0, 0.05) is 29.0 Å². The first-order valence-electron chi connectivity index (χ1n) is 6.85. The van der Waals surface area contributed by atoms with Gasteiger partial charge >= 0.3 is 6.09 Å². The van der Waals surface area contributed by atoms with Crippen LogP contribution < -0.4 is 4.74 Å². The van der Waals surface area contributed by atoms with E-state index in [0.717, 1.165) is 4.57 Å². The smallest absolute Gasteiger partial charge is 0.416 e. The molecule has 8 nitrogen and oxygen atoms in total. The van der Waals surface area contributed by atoms with Crippen LogP contribution in [-0.2, 0) is 6.42 Å². The minimum Gasteiger partial charge on any atom is -0.496 e. The van der Waals surface area contributed by atoms with E-state index in [1.54, 1.807) is 6.07 Å². The quantitative estimate of drug-likeness (QED) is 0.689. The van der Waals surface area contributed by atoms with Crippen LogP contribution in [0.3, 0.4) is 0 Å². The standard InChI is InChI=1S/C15H13N3O5/c1-23-13-6-5-12(18(21)22)10-4-2-3-9(14(10)13)11-7-17(8-16-11)15(19)20/h3,5-8H,2,4H2,1H3,(H,19,20). The van der Waals surface area contributed by atoms with E-state index in [9.17, 15) is 14.9 Å². The normalized spacial score (nSPS) is 13.2. The molecule has 118 valence electrons. The van der Waals surface area contributed by atoms with E-state index >= 15 is 0 Å². The number of carbonyl (C=O) groups is 1. The zero-order chi connectivity index (χ0) is 16.6. The average molecular weight is 315 g/mol. The van der Waals surface area contributed by atoms with Crippen molar-refractivity contribution >= 4 is 17.4 Å². The van der Waals surface area contributed by atoms with E-state index in [4.69, 9.17) is 9.84 Å². The molecule has 1 aromatic carbocycles. The van der Waals surface area contributed by atoms with Crippen molar-refractivity contribution in [3.8, 4) is 5.75 Å². The highest BCUT2D eigenvalue weighted by Gasteiger charge is 2.27. The highest BCUT2D eigenvalue weighted by molar-refractivity contribution is 5.86. The predicted molar refractivity (Wildman–Crippen MR) is 80.7 cm³/mol. The SMILES string of the molecule is COc1ccc([N+](=O)[O-])c2c1C(c1cn(C(=O)O)cn1)=CCC2. The molecule has 0 fully saturated rings. The monoisotopic (exact) mass is 315 g/mol. The lowest BCUT2D eigenvalue weighted by Crippen LogP contribution is -2.08. The second-order valence-corrected chi connectivity index (χ2v) is 5.00. The van der Waals surface area contributed by atoms with Gasteiger partial charge in [-0.15, -0.1) is 0 Å². The number of nitro groups is 1. The topological polar surface area (TPSA) is 107 Å². The number of allylic oxidation sites excluding steroid dienone is 1. The van der Waals surface area contributed by atoms with Crippen LogP contribution in [0.25, 0.3) is 5.57 Å². The Bertz CT molecular complexity index is 838. The summed E-state index contributed by atoms with van der Waals surface area (Å²) in [5.41, 5.74) is 2.29. The van der Waals surface area contributed by atoms with Crippen LogP contribution in [0.15, 0.2) is 30.7 Å². The first-order valence-corrected chi connectivity index (χ1v) is 6.85. The van der Waals surface area contributed by atoms with Crippen molar-refractivity contribution in [1.82, 2.24) is 9.55 Å². The van der Waals surface area contributed by atoms with Gasteiger partial charge < -0.3 is 9.84 Å². The molecule has 23 heavy (non-hydrogen) atoms. The molecule has 3 rings (SSSR count). The number of methoxy groups -OCH3 is 1. The second kappa shape index (κ2) is 5.56. The Balaban J connectivity index is 2.19. The van der Waals surface area contributed by atoms with Gasteiger partial charge in [-0.1, -0.05) is 6.08 Å². The van der Waals surface area contributed by atoms with E-state index in [-0.39, 0.29) is 5.69 Å². The van der Waals surface area contributed by atoms with Gasteiger partial charge in [0.05, 0.1) is 17.7 Å². The fraction of sp³-hybridized carbons (Fsp3) is 0.200. The molecular formula is C15H13N3O5. The number of hydrogen-bond donors (Lipinski definition) is 1. The van der Waals surface area contributed by atoms with Crippen LogP contribution in [-0.4, -0.2) is 32.8 Å². The third-order valence-electron chi connectivity index (χ3n) is 3.76. The Morgan fingerprint density at radius 3 is 2.87 bits per heavy atom. The van der Waals surface area contributed by atoms with Crippen molar-refractivity contribution in [2.24, 2.45) is 0 Å². The lowest BCUT2D eigenvalue weighted by molar-refractivity contribution is -0.385. The molecule has 1 aliphatic carbocycles. The molecule has 1 N–H and O–H groups in total. The number of benzene rings is 1. The largest absolute Gasteiger partial charge is 0.496 e. The van der Waals surface area contributed by atoms with Crippen molar-refractivity contribution in [2.75, 3.05) is 7.11 Å². The number of ether oxygens (including phenoxy) is 1. The molecule has 0 spiro atoms. The molecule has 2 aromatic rings. The fourth-order valence-corrected chi connectivity index (χ4v) is 2.77. The summed E-state index contributed by atoms with van der Waals surface area (Å²) in [5.74, 6) is 0.501. The zero-order valence-corrected chi connectivity index (χ0v) is 12.2. The molecule has 8 heteroatoms. The van der Waals surface area contributed by atoms with Crippen LogP contribution in [0.2, 0.25) is 0 Å². The highest BCUT2D eigenvalue weighted by atomic mass is 16.6. The molecule has 0 unspecified atom stereocenters. The second-order valence-electron chi connectivity index (χ2n) is 5.00. The van der Waals surface area contributed by atoms with Gasteiger partial charge in [-0.3, -0.25) is 10.1 Å². The molecule has 1 heterocycles. The molecule has 0 amide bonds. The molecular weight excluding hydrogens is 302 g/mol. The maximum absolute atomic E-state index is 11.3. The van der Waals surface area contributed by atoms with Gasteiger partial charge in [0.25, 0.3) is 5.69 Å².